The van der Waals surface area contributed by atoms with E-state index in [4.69, 9.17) is 0 Å². The molecule has 21 heavy (non-hydrogen) atoms. The van der Waals surface area contributed by atoms with Crippen LogP contribution in [0.25, 0.3) is 0 Å². The molecule has 1 aliphatic rings. The number of aliphatic hydroxyl groups is 1. The van der Waals surface area contributed by atoms with Crippen LogP contribution in [-0.2, 0) is 5.60 Å². The molecule has 0 aliphatic carbocycles. The Morgan fingerprint density at radius 1 is 0.905 bits per heavy atom. The molecule has 1 saturated heterocycles. The van der Waals surface area contributed by atoms with Gasteiger partial charge < -0.3 is 10.4 Å². The molecule has 2 aromatic carbocycles. The third-order valence-corrected chi connectivity index (χ3v) is 4.55. The fraction of sp³-hybridized carbons (Fsp3) is 0.368. The largest absolute Gasteiger partial charge is 0.379 e. The second-order valence-electron chi connectivity index (χ2n) is 6.05. The molecule has 1 aliphatic heterocycles. The van der Waals surface area contributed by atoms with Gasteiger partial charge in [0.05, 0.1) is 0 Å². The van der Waals surface area contributed by atoms with Gasteiger partial charge in [-0.3, -0.25) is 0 Å². The molecule has 2 heteroatoms. The molecule has 2 aromatic rings. The van der Waals surface area contributed by atoms with E-state index in [-0.39, 0.29) is 6.04 Å². The van der Waals surface area contributed by atoms with E-state index in [1.807, 2.05) is 60.7 Å². The number of rotatable bonds is 3. The van der Waals surface area contributed by atoms with Crippen LogP contribution in [0.3, 0.4) is 0 Å². The van der Waals surface area contributed by atoms with Crippen molar-refractivity contribution < 1.29 is 5.11 Å². The topological polar surface area (TPSA) is 32.3 Å². The zero-order valence-corrected chi connectivity index (χ0v) is 12.5. The van der Waals surface area contributed by atoms with Gasteiger partial charge >= 0.3 is 0 Å². The van der Waals surface area contributed by atoms with E-state index in [0.717, 1.165) is 24.0 Å². The van der Waals surface area contributed by atoms with E-state index in [9.17, 15) is 5.11 Å². The summed E-state index contributed by atoms with van der Waals surface area (Å²) in [5, 5.41) is 15.2. The summed E-state index contributed by atoms with van der Waals surface area (Å²) in [4.78, 5) is 0. The molecule has 0 saturated carbocycles. The molecule has 0 amide bonds. The van der Waals surface area contributed by atoms with Crippen LogP contribution in [0.1, 0.15) is 37.3 Å². The lowest BCUT2D eigenvalue weighted by Crippen LogP contribution is -2.54. The van der Waals surface area contributed by atoms with Crippen molar-refractivity contribution in [2.75, 3.05) is 0 Å². The van der Waals surface area contributed by atoms with Gasteiger partial charge in [0.1, 0.15) is 5.60 Å². The zero-order chi connectivity index (χ0) is 14.7. The number of piperidine rings is 1. The van der Waals surface area contributed by atoms with Crippen LogP contribution in [-0.4, -0.2) is 17.2 Å². The second-order valence-corrected chi connectivity index (χ2v) is 6.05. The molecular formula is C19H23NO. The predicted molar refractivity (Wildman–Crippen MR) is 86.1 cm³/mol. The molecule has 110 valence electrons. The summed E-state index contributed by atoms with van der Waals surface area (Å²) in [6.07, 6.45) is 3.32. The Morgan fingerprint density at radius 2 is 1.43 bits per heavy atom. The molecule has 0 spiro atoms. The Bertz CT molecular complexity index is 527. The predicted octanol–water partition coefficient (Wildman–Crippen LogP) is 3.45. The fourth-order valence-corrected chi connectivity index (χ4v) is 3.42. The summed E-state index contributed by atoms with van der Waals surface area (Å²) in [5.74, 6) is 0. The van der Waals surface area contributed by atoms with Crippen molar-refractivity contribution >= 4 is 0 Å². The minimum Gasteiger partial charge on any atom is -0.379 e. The van der Waals surface area contributed by atoms with Crippen molar-refractivity contribution in [1.29, 1.82) is 0 Å². The maximum absolute atomic E-state index is 11.6. The smallest absolute Gasteiger partial charge is 0.130 e. The molecular weight excluding hydrogens is 258 g/mol. The van der Waals surface area contributed by atoms with Crippen LogP contribution in [0.4, 0.5) is 0 Å². The highest BCUT2D eigenvalue weighted by Gasteiger charge is 2.41. The number of benzene rings is 2. The third kappa shape index (κ3) is 2.74. The molecule has 3 rings (SSSR count). The lowest BCUT2D eigenvalue weighted by molar-refractivity contribution is 0.0203. The van der Waals surface area contributed by atoms with E-state index < -0.39 is 5.60 Å². The normalized spacial score (nSPS) is 23.0. The van der Waals surface area contributed by atoms with Crippen LogP contribution in [0.15, 0.2) is 60.7 Å². The SMILES string of the molecule is C[C@@H]1CCC[C@@H](C(O)(c2ccccc2)c2ccccc2)N1. The summed E-state index contributed by atoms with van der Waals surface area (Å²) < 4.78 is 0. The van der Waals surface area contributed by atoms with Gasteiger partial charge in [0.25, 0.3) is 0 Å². The average molecular weight is 281 g/mol. The minimum atomic E-state index is -0.975. The van der Waals surface area contributed by atoms with Gasteiger partial charge in [0.15, 0.2) is 0 Å². The highest BCUT2D eigenvalue weighted by molar-refractivity contribution is 5.38. The van der Waals surface area contributed by atoms with Crippen molar-refractivity contribution in [2.24, 2.45) is 0 Å². The van der Waals surface area contributed by atoms with Crippen molar-refractivity contribution in [3.05, 3.63) is 71.8 Å². The fourth-order valence-electron chi connectivity index (χ4n) is 3.42. The van der Waals surface area contributed by atoms with Gasteiger partial charge in [-0.1, -0.05) is 67.1 Å². The van der Waals surface area contributed by atoms with E-state index in [1.54, 1.807) is 0 Å². The Kier molecular flexibility index (Phi) is 4.09. The summed E-state index contributed by atoms with van der Waals surface area (Å²) in [7, 11) is 0. The summed E-state index contributed by atoms with van der Waals surface area (Å²) >= 11 is 0. The maximum Gasteiger partial charge on any atom is 0.130 e. The van der Waals surface area contributed by atoms with Crippen LogP contribution < -0.4 is 5.32 Å². The Labute approximate surface area is 126 Å². The number of nitrogens with one attached hydrogen (secondary N) is 1. The van der Waals surface area contributed by atoms with E-state index >= 15 is 0 Å². The molecule has 1 heterocycles. The number of hydrogen-bond acceptors (Lipinski definition) is 2. The molecule has 0 bridgehead atoms. The second kappa shape index (κ2) is 6.00. The molecule has 2 nitrogen and oxygen atoms in total. The van der Waals surface area contributed by atoms with Gasteiger partial charge in [-0.05, 0) is 30.9 Å². The van der Waals surface area contributed by atoms with Gasteiger partial charge in [-0.15, -0.1) is 0 Å². The van der Waals surface area contributed by atoms with E-state index in [1.165, 1.54) is 6.42 Å². The van der Waals surface area contributed by atoms with E-state index in [0.29, 0.717) is 6.04 Å². The number of hydrogen-bond donors (Lipinski definition) is 2. The summed E-state index contributed by atoms with van der Waals surface area (Å²) in [6.45, 7) is 2.20. The first-order valence-electron chi connectivity index (χ1n) is 7.80. The first kappa shape index (κ1) is 14.3. The molecule has 1 fully saturated rings. The van der Waals surface area contributed by atoms with Gasteiger partial charge in [0.2, 0.25) is 0 Å². The van der Waals surface area contributed by atoms with Gasteiger partial charge in [-0.25, -0.2) is 0 Å². The lowest BCUT2D eigenvalue weighted by Gasteiger charge is -2.42. The van der Waals surface area contributed by atoms with Crippen molar-refractivity contribution in [1.82, 2.24) is 5.32 Å². The molecule has 2 atom stereocenters. The van der Waals surface area contributed by atoms with Crippen LogP contribution in [0, 0.1) is 0 Å². The molecule has 0 radical (unpaired) electrons. The highest BCUT2D eigenvalue weighted by atomic mass is 16.3. The van der Waals surface area contributed by atoms with Crippen molar-refractivity contribution in [3.63, 3.8) is 0 Å². The van der Waals surface area contributed by atoms with Gasteiger partial charge in [0, 0.05) is 12.1 Å². The average Bonchev–Trinajstić information content (AvgIpc) is 2.56. The first-order valence-corrected chi connectivity index (χ1v) is 7.80. The van der Waals surface area contributed by atoms with Crippen LogP contribution >= 0.6 is 0 Å². The van der Waals surface area contributed by atoms with Crippen molar-refractivity contribution in [2.45, 2.75) is 43.9 Å². The summed E-state index contributed by atoms with van der Waals surface area (Å²) in [5.41, 5.74) is 0.947. The first-order chi connectivity index (χ1) is 10.2. The Balaban J connectivity index is 2.07. The zero-order valence-electron chi connectivity index (χ0n) is 12.5. The van der Waals surface area contributed by atoms with Crippen molar-refractivity contribution in [3.8, 4) is 0 Å². The van der Waals surface area contributed by atoms with Gasteiger partial charge in [-0.2, -0.15) is 0 Å². The standard InChI is InChI=1S/C19H23NO/c1-15-9-8-14-18(20-15)19(21,16-10-4-2-5-11-16)17-12-6-3-7-13-17/h2-7,10-13,15,18,20-21H,8-9,14H2,1H3/t15-,18+/m1/s1. The molecule has 0 unspecified atom stereocenters. The van der Waals surface area contributed by atoms with Crippen LogP contribution in [0.2, 0.25) is 0 Å². The van der Waals surface area contributed by atoms with E-state index in [2.05, 4.69) is 12.2 Å². The highest BCUT2D eigenvalue weighted by Crippen LogP contribution is 2.36. The lowest BCUT2D eigenvalue weighted by atomic mass is 9.76. The van der Waals surface area contributed by atoms with Crippen LogP contribution in [0.5, 0.6) is 0 Å². The molecule has 2 N–H and O–H groups in total. The minimum absolute atomic E-state index is 0.0473. The third-order valence-electron chi connectivity index (χ3n) is 4.55. The summed E-state index contributed by atoms with van der Waals surface area (Å²) in [6, 6.07) is 20.5. The maximum atomic E-state index is 11.6. The molecule has 0 aromatic heterocycles. The monoisotopic (exact) mass is 281 g/mol. The quantitative estimate of drug-likeness (QED) is 0.903. The Hall–Kier alpha value is -1.64. The Morgan fingerprint density at radius 3 is 1.90 bits per heavy atom.